The average Bonchev–Trinajstić information content (AvgIpc) is 2.61. The number of carbonyl (C=O) groups excluding carboxylic acids is 1. The van der Waals surface area contributed by atoms with E-state index >= 15 is 0 Å². The molecule has 3 rings (SSSR count). The summed E-state index contributed by atoms with van der Waals surface area (Å²) in [6.45, 7) is 5.78. The second-order valence-electron chi connectivity index (χ2n) is 6.12. The summed E-state index contributed by atoms with van der Waals surface area (Å²) >= 11 is 0. The molecule has 0 fully saturated rings. The van der Waals surface area contributed by atoms with Gasteiger partial charge in [-0.15, -0.1) is 0 Å². The summed E-state index contributed by atoms with van der Waals surface area (Å²) in [5, 5.41) is 2.88. The number of benzene rings is 2. The molecule has 1 aliphatic rings. The predicted octanol–water partition coefficient (Wildman–Crippen LogP) is 2.81. The predicted molar refractivity (Wildman–Crippen MR) is 95.6 cm³/mol. The van der Waals surface area contributed by atoms with Crippen molar-refractivity contribution in [3.63, 3.8) is 0 Å². The van der Waals surface area contributed by atoms with Gasteiger partial charge in [-0.3, -0.25) is 4.79 Å². The topological polar surface area (TPSA) is 56.8 Å². The standard InChI is InChI=1S/C20H23NO4/c1-14-3-5-17(6-4-14)25-13-20(22)21-8-7-16-12-19-18(11-15(16)2)23-9-10-24-19/h3-6,11-12H,7-10,13H2,1-2H3,(H,21,22). The van der Waals surface area contributed by atoms with Crippen molar-refractivity contribution >= 4 is 5.91 Å². The fourth-order valence-electron chi connectivity index (χ4n) is 2.67. The third-order valence-electron chi connectivity index (χ3n) is 4.11. The highest BCUT2D eigenvalue weighted by molar-refractivity contribution is 5.77. The highest BCUT2D eigenvalue weighted by Gasteiger charge is 2.14. The Kier molecular flexibility index (Phi) is 5.43. The van der Waals surface area contributed by atoms with Crippen molar-refractivity contribution in [3.8, 4) is 17.2 Å². The highest BCUT2D eigenvalue weighted by Crippen LogP contribution is 2.33. The molecule has 0 atom stereocenters. The molecule has 2 aromatic rings. The Hall–Kier alpha value is -2.69. The molecule has 0 saturated heterocycles. The Balaban J connectivity index is 1.46. The lowest BCUT2D eigenvalue weighted by Gasteiger charge is -2.20. The summed E-state index contributed by atoms with van der Waals surface area (Å²) < 4.78 is 16.7. The van der Waals surface area contributed by atoms with Crippen LogP contribution in [0.25, 0.3) is 0 Å². The number of hydrogen-bond acceptors (Lipinski definition) is 4. The maximum absolute atomic E-state index is 11.9. The third-order valence-corrected chi connectivity index (χ3v) is 4.11. The molecule has 0 radical (unpaired) electrons. The molecular formula is C20H23NO4. The van der Waals surface area contributed by atoms with E-state index in [9.17, 15) is 4.79 Å². The van der Waals surface area contributed by atoms with Gasteiger partial charge in [-0.05, 0) is 55.7 Å². The van der Waals surface area contributed by atoms with Gasteiger partial charge < -0.3 is 19.5 Å². The first-order valence-corrected chi connectivity index (χ1v) is 8.47. The van der Waals surface area contributed by atoms with Crippen LogP contribution in [-0.4, -0.2) is 32.3 Å². The molecule has 1 amide bonds. The quantitative estimate of drug-likeness (QED) is 0.878. The number of aryl methyl sites for hydroxylation is 2. The third kappa shape index (κ3) is 4.66. The van der Waals surface area contributed by atoms with Crippen molar-refractivity contribution in [3.05, 3.63) is 53.1 Å². The summed E-state index contributed by atoms with van der Waals surface area (Å²) in [6.07, 6.45) is 0.735. The summed E-state index contributed by atoms with van der Waals surface area (Å²) in [6, 6.07) is 11.6. The Morgan fingerprint density at radius 3 is 2.48 bits per heavy atom. The molecule has 25 heavy (non-hydrogen) atoms. The minimum Gasteiger partial charge on any atom is -0.486 e. The molecule has 0 spiro atoms. The van der Waals surface area contributed by atoms with Gasteiger partial charge in [0.2, 0.25) is 0 Å². The van der Waals surface area contributed by atoms with Crippen LogP contribution in [0.5, 0.6) is 17.2 Å². The van der Waals surface area contributed by atoms with Crippen LogP contribution >= 0.6 is 0 Å². The van der Waals surface area contributed by atoms with E-state index in [-0.39, 0.29) is 12.5 Å². The Labute approximate surface area is 147 Å². The van der Waals surface area contributed by atoms with Crippen LogP contribution in [0.1, 0.15) is 16.7 Å². The monoisotopic (exact) mass is 341 g/mol. The van der Waals surface area contributed by atoms with Gasteiger partial charge in [0.15, 0.2) is 18.1 Å². The first-order valence-electron chi connectivity index (χ1n) is 8.47. The zero-order valence-electron chi connectivity index (χ0n) is 14.6. The SMILES string of the molecule is Cc1ccc(OCC(=O)NCCc2cc3c(cc2C)OCCO3)cc1. The van der Waals surface area contributed by atoms with Crippen LogP contribution in [0, 0.1) is 13.8 Å². The average molecular weight is 341 g/mol. The number of amides is 1. The molecule has 0 unspecified atom stereocenters. The fourth-order valence-corrected chi connectivity index (χ4v) is 2.67. The van der Waals surface area contributed by atoms with Crippen LogP contribution in [0.15, 0.2) is 36.4 Å². The summed E-state index contributed by atoms with van der Waals surface area (Å²) in [7, 11) is 0. The Morgan fingerprint density at radius 2 is 1.76 bits per heavy atom. The minimum absolute atomic E-state index is 0.0170. The van der Waals surface area contributed by atoms with Crippen LogP contribution in [0.2, 0.25) is 0 Å². The molecular weight excluding hydrogens is 318 g/mol. The van der Waals surface area contributed by atoms with Crippen LogP contribution in [0.4, 0.5) is 0 Å². The van der Waals surface area contributed by atoms with Gasteiger partial charge in [0.25, 0.3) is 5.91 Å². The lowest BCUT2D eigenvalue weighted by atomic mass is 10.0. The van der Waals surface area contributed by atoms with Gasteiger partial charge in [-0.2, -0.15) is 0 Å². The maximum atomic E-state index is 11.9. The Morgan fingerprint density at radius 1 is 1.08 bits per heavy atom. The molecule has 5 nitrogen and oxygen atoms in total. The van der Waals surface area contributed by atoms with Crippen molar-refractivity contribution in [2.24, 2.45) is 0 Å². The molecule has 1 heterocycles. The zero-order chi connectivity index (χ0) is 17.6. The molecule has 0 saturated carbocycles. The molecule has 1 N–H and O–H groups in total. The summed E-state index contributed by atoms with van der Waals surface area (Å²) in [4.78, 5) is 11.9. The lowest BCUT2D eigenvalue weighted by Crippen LogP contribution is -2.30. The summed E-state index contributed by atoms with van der Waals surface area (Å²) in [5.41, 5.74) is 3.44. The molecule has 132 valence electrons. The lowest BCUT2D eigenvalue weighted by molar-refractivity contribution is -0.123. The van der Waals surface area contributed by atoms with Gasteiger partial charge in [0.1, 0.15) is 19.0 Å². The van der Waals surface area contributed by atoms with E-state index in [0.29, 0.717) is 25.5 Å². The first-order chi connectivity index (χ1) is 12.1. The van der Waals surface area contributed by atoms with Crippen molar-refractivity contribution in [2.75, 3.05) is 26.4 Å². The molecule has 2 aromatic carbocycles. The van der Waals surface area contributed by atoms with E-state index < -0.39 is 0 Å². The van der Waals surface area contributed by atoms with E-state index in [2.05, 4.69) is 5.32 Å². The van der Waals surface area contributed by atoms with Gasteiger partial charge in [0, 0.05) is 6.54 Å². The number of ether oxygens (including phenoxy) is 3. The van der Waals surface area contributed by atoms with Crippen molar-refractivity contribution in [1.29, 1.82) is 0 Å². The molecule has 1 aliphatic heterocycles. The smallest absolute Gasteiger partial charge is 0.257 e. The van der Waals surface area contributed by atoms with Gasteiger partial charge >= 0.3 is 0 Å². The zero-order valence-corrected chi connectivity index (χ0v) is 14.6. The van der Waals surface area contributed by atoms with Crippen molar-refractivity contribution < 1.29 is 19.0 Å². The van der Waals surface area contributed by atoms with Crippen LogP contribution in [-0.2, 0) is 11.2 Å². The van der Waals surface area contributed by atoms with Crippen LogP contribution < -0.4 is 19.5 Å². The van der Waals surface area contributed by atoms with Gasteiger partial charge in [-0.25, -0.2) is 0 Å². The first kappa shape index (κ1) is 17.1. The maximum Gasteiger partial charge on any atom is 0.257 e. The molecule has 0 bridgehead atoms. The fraction of sp³-hybridized carbons (Fsp3) is 0.350. The highest BCUT2D eigenvalue weighted by atomic mass is 16.6. The Bertz CT molecular complexity index is 740. The van der Waals surface area contributed by atoms with Crippen LogP contribution in [0.3, 0.4) is 0 Å². The van der Waals surface area contributed by atoms with Crippen molar-refractivity contribution in [1.82, 2.24) is 5.32 Å². The van der Waals surface area contributed by atoms with E-state index in [0.717, 1.165) is 34.6 Å². The molecule has 5 heteroatoms. The minimum atomic E-state index is -0.129. The second kappa shape index (κ2) is 7.92. The number of fused-ring (bicyclic) bond motifs is 1. The molecule has 0 aromatic heterocycles. The number of hydrogen-bond donors (Lipinski definition) is 1. The van der Waals surface area contributed by atoms with Gasteiger partial charge in [-0.1, -0.05) is 17.7 Å². The van der Waals surface area contributed by atoms with E-state index in [1.54, 1.807) is 0 Å². The summed E-state index contributed by atoms with van der Waals surface area (Å²) in [5.74, 6) is 2.14. The van der Waals surface area contributed by atoms with E-state index in [1.165, 1.54) is 0 Å². The normalized spacial score (nSPS) is 12.6. The van der Waals surface area contributed by atoms with E-state index in [4.69, 9.17) is 14.2 Å². The second-order valence-corrected chi connectivity index (χ2v) is 6.12. The number of nitrogens with one attached hydrogen (secondary N) is 1. The van der Waals surface area contributed by atoms with Crippen molar-refractivity contribution in [2.45, 2.75) is 20.3 Å². The molecule has 0 aliphatic carbocycles. The van der Waals surface area contributed by atoms with Gasteiger partial charge in [0.05, 0.1) is 0 Å². The number of carbonyl (C=O) groups is 1. The van der Waals surface area contributed by atoms with E-state index in [1.807, 2.05) is 50.2 Å². The largest absolute Gasteiger partial charge is 0.486 e. The number of rotatable bonds is 6.